The summed E-state index contributed by atoms with van der Waals surface area (Å²) >= 11 is 0. The molecule has 4 aliphatic heterocycles. The highest BCUT2D eigenvalue weighted by Crippen LogP contribution is 2.59. The van der Waals surface area contributed by atoms with Gasteiger partial charge in [-0.1, -0.05) is 13.0 Å². The molecule has 0 saturated carbocycles. The van der Waals surface area contributed by atoms with Crippen LogP contribution in [0.2, 0.25) is 0 Å². The van der Waals surface area contributed by atoms with Gasteiger partial charge in [0, 0.05) is 54.4 Å². The first-order valence-electron chi connectivity index (χ1n) is 14.1. The Morgan fingerprint density at radius 3 is 2.51 bits per heavy atom. The van der Waals surface area contributed by atoms with E-state index in [1.807, 2.05) is 13.8 Å². The molecule has 1 fully saturated rings. The van der Waals surface area contributed by atoms with Crippen LogP contribution in [0.3, 0.4) is 0 Å². The van der Waals surface area contributed by atoms with Crippen LogP contribution in [0.1, 0.15) is 65.7 Å². The molecular formula is C31H37N3O7. The van der Waals surface area contributed by atoms with E-state index in [1.54, 1.807) is 14.2 Å². The smallest absolute Gasteiger partial charge is 0.308 e. The maximum absolute atomic E-state index is 12.3. The van der Waals surface area contributed by atoms with Crippen molar-refractivity contribution in [2.24, 2.45) is 0 Å². The Bertz CT molecular complexity index is 1450. The fourth-order valence-electron chi connectivity index (χ4n) is 7.76. The Hall–Kier alpha value is -3.52. The topological polar surface area (TPSA) is 103 Å². The number of carbonyl (C=O) groups excluding carboxylic acids is 1. The number of nitriles is 1. The molecule has 0 N–H and O–H groups in total. The fraction of sp³-hybridized carbons (Fsp3) is 0.548. The maximum Gasteiger partial charge on any atom is 0.308 e. The molecule has 2 bridgehead atoms. The summed E-state index contributed by atoms with van der Waals surface area (Å²) in [6.45, 7) is 7.65. The van der Waals surface area contributed by atoms with Crippen molar-refractivity contribution < 1.29 is 33.2 Å². The van der Waals surface area contributed by atoms with Crippen LogP contribution in [0.25, 0.3) is 0 Å². The molecule has 6 rings (SSSR count). The van der Waals surface area contributed by atoms with Crippen molar-refractivity contribution in [1.82, 2.24) is 9.80 Å². The number of hydrogen-bond acceptors (Lipinski definition) is 10. The second-order valence-corrected chi connectivity index (χ2v) is 11.3. The molecule has 10 heteroatoms. The lowest BCUT2D eigenvalue weighted by atomic mass is 9.71. The number of fused-ring (bicyclic) bond motifs is 9. The van der Waals surface area contributed by atoms with E-state index < -0.39 is 0 Å². The quantitative estimate of drug-likeness (QED) is 0.290. The molecule has 0 spiro atoms. The van der Waals surface area contributed by atoms with Gasteiger partial charge in [-0.3, -0.25) is 14.6 Å². The summed E-state index contributed by atoms with van der Waals surface area (Å²) < 4.78 is 35.3. The standard InChI is InChI=1S/C31H37N3O7/c1-8-20-25-19(28(41-17(4)35)16(3)29-31(25)40-14-39-29)11-22-26-24-18(10-21(33(26)5)23(12-32)34(20)22)9-15(2)27(37-7)30(24)38-13-36-6/h9,20-23,26H,8,10-11,13-14H2,1-7H3/t20-,21-,22?,23-,26-/m0/s1. The van der Waals surface area contributed by atoms with Gasteiger partial charge in [0.25, 0.3) is 0 Å². The predicted octanol–water partition coefficient (Wildman–Crippen LogP) is 4.13. The summed E-state index contributed by atoms with van der Waals surface area (Å²) in [4.78, 5) is 17.0. The highest BCUT2D eigenvalue weighted by atomic mass is 16.7. The van der Waals surface area contributed by atoms with Crippen LogP contribution < -0.4 is 23.7 Å². The van der Waals surface area contributed by atoms with E-state index in [4.69, 9.17) is 28.4 Å². The van der Waals surface area contributed by atoms with E-state index in [2.05, 4.69) is 35.9 Å². The van der Waals surface area contributed by atoms with Gasteiger partial charge in [0.1, 0.15) is 11.8 Å². The van der Waals surface area contributed by atoms with Gasteiger partial charge < -0.3 is 28.4 Å². The number of piperazine rings is 1. The molecule has 0 aliphatic carbocycles. The first-order valence-corrected chi connectivity index (χ1v) is 14.1. The molecule has 0 aromatic heterocycles. The zero-order chi connectivity index (χ0) is 29.2. The van der Waals surface area contributed by atoms with Crippen LogP contribution in [-0.2, 0) is 22.4 Å². The van der Waals surface area contributed by atoms with Gasteiger partial charge in [-0.15, -0.1) is 0 Å². The summed E-state index contributed by atoms with van der Waals surface area (Å²) in [7, 11) is 5.36. The Morgan fingerprint density at radius 1 is 1.10 bits per heavy atom. The van der Waals surface area contributed by atoms with Crippen molar-refractivity contribution in [2.45, 2.75) is 77.2 Å². The third-order valence-corrected chi connectivity index (χ3v) is 9.20. The van der Waals surface area contributed by atoms with E-state index >= 15 is 0 Å². The summed E-state index contributed by atoms with van der Waals surface area (Å²) in [6, 6.07) is 4.07. The lowest BCUT2D eigenvalue weighted by Crippen LogP contribution is -2.68. The minimum atomic E-state index is -0.390. The number of rotatable bonds is 6. The molecule has 5 atom stereocenters. The monoisotopic (exact) mass is 563 g/mol. The van der Waals surface area contributed by atoms with Gasteiger partial charge in [-0.2, -0.15) is 5.26 Å². The normalized spacial score (nSPS) is 26.0. The molecule has 0 amide bonds. The number of carbonyl (C=O) groups is 1. The van der Waals surface area contributed by atoms with Gasteiger partial charge in [0.2, 0.25) is 6.79 Å². The highest BCUT2D eigenvalue weighted by Gasteiger charge is 2.56. The Kier molecular flexibility index (Phi) is 7.00. The molecular weight excluding hydrogens is 526 g/mol. The van der Waals surface area contributed by atoms with Gasteiger partial charge >= 0.3 is 5.97 Å². The molecule has 2 aromatic rings. The molecule has 0 radical (unpaired) electrons. The van der Waals surface area contributed by atoms with Gasteiger partial charge in [-0.05, 0) is 51.3 Å². The van der Waals surface area contributed by atoms with E-state index in [1.165, 1.54) is 6.92 Å². The maximum atomic E-state index is 12.3. The summed E-state index contributed by atoms with van der Waals surface area (Å²) in [5, 5.41) is 10.7. The van der Waals surface area contributed by atoms with Crippen molar-refractivity contribution in [1.29, 1.82) is 5.26 Å². The van der Waals surface area contributed by atoms with Crippen LogP contribution >= 0.6 is 0 Å². The Balaban J connectivity index is 1.61. The van der Waals surface area contributed by atoms with Gasteiger partial charge in [-0.25, -0.2) is 0 Å². The van der Waals surface area contributed by atoms with E-state index in [9.17, 15) is 10.1 Å². The van der Waals surface area contributed by atoms with Gasteiger partial charge in [0.15, 0.2) is 29.8 Å². The second-order valence-electron chi connectivity index (χ2n) is 11.3. The number of hydrogen-bond donors (Lipinski definition) is 0. The minimum Gasteiger partial charge on any atom is -0.493 e. The average molecular weight is 564 g/mol. The molecule has 2 aromatic carbocycles. The number of methoxy groups -OCH3 is 2. The largest absolute Gasteiger partial charge is 0.493 e. The summed E-state index contributed by atoms with van der Waals surface area (Å²) in [6.07, 6.45) is 1.98. The average Bonchev–Trinajstić information content (AvgIpc) is 3.43. The Morgan fingerprint density at radius 2 is 1.85 bits per heavy atom. The van der Waals surface area contributed by atoms with Crippen LogP contribution in [0.15, 0.2) is 6.07 Å². The predicted molar refractivity (Wildman–Crippen MR) is 149 cm³/mol. The lowest BCUT2D eigenvalue weighted by Gasteiger charge is -2.60. The molecule has 4 aliphatic rings. The first-order chi connectivity index (χ1) is 19.8. The van der Waals surface area contributed by atoms with E-state index in [0.717, 1.165) is 39.8 Å². The second kappa shape index (κ2) is 10.4. The SMILES string of the molecule is CC[C@H]1c2c(c(OC(C)=O)c(C)c3c2OCO3)CC2[C@H]3c4c(cc(C)c(OC)c4OCOC)C[C@@H]([C@H](C#N)N21)N3C. The third kappa shape index (κ3) is 3.97. The van der Waals surface area contributed by atoms with Crippen molar-refractivity contribution in [3.05, 3.63) is 39.4 Å². The van der Waals surface area contributed by atoms with Crippen LogP contribution in [-0.4, -0.2) is 68.7 Å². The zero-order valence-electron chi connectivity index (χ0n) is 24.7. The minimum absolute atomic E-state index is 0.0315. The van der Waals surface area contributed by atoms with Crippen LogP contribution in [0.5, 0.6) is 28.7 Å². The number of benzene rings is 2. The highest BCUT2D eigenvalue weighted by molar-refractivity contribution is 5.74. The van der Waals surface area contributed by atoms with Crippen molar-refractivity contribution in [3.8, 4) is 34.8 Å². The number of esters is 1. The zero-order valence-corrected chi connectivity index (χ0v) is 24.7. The molecule has 218 valence electrons. The summed E-state index contributed by atoms with van der Waals surface area (Å²) in [5.74, 6) is 2.81. The molecule has 1 unspecified atom stereocenters. The number of nitrogens with zero attached hydrogens (tertiary/aromatic N) is 3. The molecule has 4 heterocycles. The van der Waals surface area contributed by atoms with Crippen molar-refractivity contribution in [3.63, 3.8) is 0 Å². The Labute approximate surface area is 240 Å². The van der Waals surface area contributed by atoms with Gasteiger partial charge in [0.05, 0.1) is 19.2 Å². The number of likely N-dealkylation sites (N-methyl/N-ethyl adjacent to an activating group) is 1. The van der Waals surface area contributed by atoms with Crippen molar-refractivity contribution >= 4 is 5.97 Å². The number of aryl methyl sites for hydroxylation is 1. The number of ether oxygens (including phenoxy) is 6. The van der Waals surface area contributed by atoms with Crippen LogP contribution in [0.4, 0.5) is 0 Å². The fourth-order valence-corrected chi connectivity index (χ4v) is 7.76. The molecule has 41 heavy (non-hydrogen) atoms. The van der Waals surface area contributed by atoms with Crippen LogP contribution in [0, 0.1) is 25.2 Å². The first kappa shape index (κ1) is 27.6. The third-order valence-electron chi connectivity index (χ3n) is 9.20. The summed E-state index contributed by atoms with van der Waals surface area (Å²) in [5.41, 5.74) is 5.83. The molecule has 10 nitrogen and oxygen atoms in total. The van der Waals surface area contributed by atoms with E-state index in [0.29, 0.717) is 41.6 Å². The lowest BCUT2D eigenvalue weighted by molar-refractivity contribution is -0.132. The van der Waals surface area contributed by atoms with E-state index in [-0.39, 0.29) is 49.8 Å². The molecule has 1 saturated heterocycles. The van der Waals surface area contributed by atoms with Crippen molar-refractivity contribution in [2.75, 3.05) is 34.9 Å².